The van der Waals surface area contributed by atoms with Gasteiger partial charge in [0.1, 0.15) is 18.3 Å². The van der Waals surface area contributed by atoms with Crippen LogP contribution in [0, 0.1) is 6.92 Å². The Bertz CT molecular complexity index is 583. The van der Waals surface area contributed by atoms with Crippen LogP contribution in [0.15, 0.2) is 31.0 Å². The second-order valence-electron chi connectivity index (χ2n) is 4.51. The second kappa shape index (κ2) is 3.94. The fraction of sp³-hybridized carbons (Fsp3) is 0.308. The van der Waals surface area contributed by atoms with Crippen LogP contribution in [0.1, 0.15) is 12.5 Å². The smallest absolute Gasteiger partial charge is 0.141 e. The minimum atomic E-state index is 0.220. The first-order valence-corrected chi connectivity index (χ1v) is 5.93. The van der Waals surface area contributed by atoms with Gasteiger partial charge in [-0.1, -0.05) is 0 Å². The summed E-state index contributed by atoms with van der Waals surface area (Å²) in [6.07, 6.45) is 7.35. The zero-order chi connectivity index (χ0) is 12.7. The summed E-state index contributed by atoms with van der Waals surface area (Å²) in [6, 6.07) is 2.03. The second-order valence-corrected chi connectivity index (χ2v) is 4.51. The van der Waals surface area contributed by atoms with E-state index in [1.54, 1.807) is 6.33 Å². The van der Waals surface area contributed by atoms with Gasteiger partial charge in [-0.05, 0) is 19.9 Å². The number of hydrogen-bond donors (Lipinski definition) is 0. The number of pyridine rings is 1. The van der Waals surface area contributed by atoms with Crippen LogP contribution in [0.5, 0.6) is 0 Å². The zero-order valence-electron chi connectivity index (χ0n) is 10.7. The maximum Gasteiger partial charge on any atom is 0.141 e. The third kappa shape index (κ3) is 1.44. The van der Waals surface area contributed by atoms with Gasteiger partial charge in [-0.25, -0.2) is 9.97 Å². The molecule has 18 heavy (non-hydrogen) atoms. The van der Waals surface area contributed by atoms with Gasteiger partial charge in [0.05, 0.1) is 17.6 Å². The minimum absolute atomic E-state index is 0.220. The molecule has 0 amide bonds. The van der Waals surface area contributed by atoms with Crippen LogP contribution in [0.2, 0.25) is 0 Å². The van der Waals surface area contributed by atoms with Crippen molar-refractivity contribution in [1.82, 2.24) is 15.0 Å². The number of fused-ring (bicyclic) bond motifs is 1. The van der Waals surface area contributed by atoms with Crippen molar-refractivity contribution in [3.8, 4) is 0 Å². The first kappa shape index (κ1) is 11.0. The van der Waals surface area contributed by atoms with Gasteiger partial charge in [0.15, 0.2) is 0 Å². The Morgan fingerprint density at radius 3 is 2.78 bits per heavy atom. The van der Waals surface area contributed by atoms with E-state index in [-0.39, 0.29) is 6.17 Å². The Morgan fingerprint density at radius 2 is 2.00 bits per heavy atom. The predicted octanol–water partition coefficient (Wildman–Crippen LogP) is 2.11. The predicted molar refractivity (Wildman–Crippen MR) is 71.0 cm³/mol. The summed E-state index contributed by atoms with van der Waals surface area (Å²) in [5.41, 5.74) is 3.33. The molecule has 0 fully saturated rings. The van der Waals surface area contributed by atoms with Crippen LogP contribution in [0.4, 0.5) is 17.2 Å². The van der Waals surface area contributed by atoms with E-state index in [1.807, 2.05) is 31.6 Å². The Balaban J connectivity index is 2.16. The van der Waals surface area contributed by atoms with E-state index >= 15 is 0 Å². The van der Waals surface area contributed by atoms with Crippen molar-refractivity contribution < 1.29 is 0 Å². The highest BCUT2D eigenvalue weighted by molar-refractivity contribution is 5.82. The molecule has 0 saturated heterocycles. The van der Waals surface area contributed by atoms with Crippen LogP contribution >= 0.6 is 0 Å². The van der Waals surface area contributed by atoms with Gasteiger partial charge in [0.25, 0.3) is 0 Å². The zero-order valence-corrected chi connectivity index (χ0v) is 10.7. The maximum atomic E-state index is 4.40. The normalized spacial score (nSPS) is 18.1. The molecule has 0 spiro atoms. The molecule has 5 nitrogen and oxygen atoms in total. The van der Waals surface area contributed by atoms with Crippen LogP contribution in [-0.2, 0) is 0 Å². The molecule has 92 valence electrons. The van der Waals surface area contributed by atoms with E-state index in [2.05, 4.69) is 38.7 Å². The van der Waals surface area contributed by atoms with E-state index in [4.69, 9.17) is 0 Å². The molecular formula is C13H15N5. The molecule has 1 unspecified atom stereocenters. The number of nitrogens with zero attached hydrogens (tertiary/aromatic N) is 5. The van der Waals surface area contributed by atoms with Gasteiger partial charge in [0, 0.05) is 25.0 Å². The topological polar surface area (TPSA) is 45.2 Å². The minimum Gasteiger partial charge on any atom is -0.352 e. The van der Waals surface area contributed by atoms with E-state index in [1.165, 1.54) is 5.69 Å². The molecule has 5 heteroatoms. The highest BCUT2D eigenvalue weighted by Crippen LogP contribution is 2.42. The summed E-state index contributed by atoms with van der Waals surface area (Å²) in [5.74, 6) is 0.941. The molecule has 3 heterocycles. The van der Waals surface area contributed by atoms with Gasteiger partial charge in [0.2, 0.25) is 0 Å². The highest BCUT2D eigenvalue weighted by atomic mass is 15.4. The Morgan fingerprint density at radius 1 is 1.17 bits per heavy atom. The molecule has 2 aromatic rings. The van der Waals surface area contributed by atoms with Gasteiger partial charge >= 0.3 is 0 Å². The monoisotopic (exact) mass is 241 g/mol. The summed E-state index contributed by atoms with van der Waals surface area (Å²) < 4.78 is 0. The van der Waals surface area contributed by atoms with E-state index in [9.17, 15) is 0 Å². The Labute approximate surface area is 106 Å². The molecule has 1 aliphatic rings. The van der Waals surface area contributed by atoms with E-state index in [0.717, 1.165) is 17.1 Å². The van der Waals surface area contributed by atoms with Crippen molar-refractivity contribution in [2.75, 3.05) is 16.8 Å². The highest BCUT2D eigenvalue weighted by Gasteiger charge is 2.32. The van der Waals surface area contributed by atoms with E-state index in [0.29, 0.717) is 0 Å². The number of hydrogen-bond acceptors (Lipinski definition) is 5. The molecule has 0 aromatic carbocycles. The standard InChI is InChI=1S/C13H15N5/c1-9-6-15-8-16-13(9)18-10(2)17(3)11-4-5-14-7-12(11)18/h4-8,10H,1-3H3. The SMILES string of the molecule is Cc1cncnc1N1c2cnccc2N(C)C1C. The quantitative estimate of drug-likeness (QED) is 0.765. The molecule has 0 saturated carbocycles. The van der Waals surface area contributed by atoms with Gasteiger partial charge in [-0.2, -0.15) is 0 Å². The summed E-state index contributed by atoms with van der Waals surface area (Å²) in [4.78, 5) is 17.1. The molecule has 2 aromatic heterocycles. The molecule has 0 bridgehead atoms. The third-order valence-corrected chi connectivity index (χ3v) is 3.45. The summed E-state index contributed by atoms with van der Waals surface area (Å²) in [5, 5.41) is 0. The van der Waals surface area contributed by atoms with Crippen molar-refractivity contribution in [3.05, 3.63) is 36.5 Å². The van der Waals surface area contributed by atoms with Crippen molar-refractivity contribution in [2.45, 2.75) is 20.0 Å². The summed E-state index contributed by atoms with van der Waals surface area (Å²) in [7, 11) is 2.08. The molecule has 3 rings (SSSR count). The summed E-state index contributed by atoms with van der Waals surface area (Å²) >= 11 is 0. The lowest BCUT2D eigenvalue weighted by Crippen LogP contribution is -2.36. The van der Waals surface area contributed by atoms with Gasteiger partial charge in [-0.3, -0.25) is 4.98 Å². The van der Waals surface area contributed by atoms with Crippen molar-refractivity contribution >= 4 is 17.2 Å². The number of aryl methyl sites for hydroxylation is 1. The fourth-order valence-corrected chi connectivity index (χ4v) is 2.37. The molecular weight excluding hydrogens is 226 g/mol. The lowest BCUT2D eigenvalue weighted by molar-refractivity contribution is 0.723. The first-order chi connectivity index (χ1) is 8.70. The lowest BCUT2D eigenvalue weighted by atomic mass is 10.3. The number of aromatic nitrogens is 3. The average Bonchev–Trinajstić information content (AvgIpc) is 2.64. The average molecular weight is 241 g/mol. The maximum absolute atomic E-state index is 4.40. The largest absolute Gasteiger partial charge is 0.352 e. The molecule has 1 atom stereocenters. The molecule has 1 aliphatic heterocycles. The molecule has 0 aliphatic carbocycles. The van der Waals surface area contributed by atoms with Crippen molar-refractivity contribution in [3.63, 3.8) is 0 Å². The van der Waals surface area contributed by atoms with Gasteiger partial charge in [-0.15, -0.1) is 0 Å². The van der Waals surface area contributed by atoms with Crippen molar-refractivity contribution in [2.24, 2.45) is 0 Å². The first-order valence-electron chi connectivity index (χ1n) is 5.93. The van der Waals surface area contributed by atoms with Crippen LogP contribution in [0.25, 0.3) is 0 Å². The number of anilines is 3. The number of rotatable bonds is 1. The van der Waals surface area contributed by atoms with Crippen LogP contribution < -0.4 is 9.80 Å². The Hall–Kier alpha value is -2.17. The third-order valence-electron chi connectivity index (χ3n) is 3.45. The lowest BCUT2D eigenvalue weighted by Gasteiger charge is -2.27. The molecule has 0 radical (unpaired) electrons. The summed E-state index contributed by atoms with van der Waals surface area (Å²) in [6.45, 7) is 4.18. The van der Waals surface area contributed by atoms with Crippen LogP contribution in [-0.4, -0.2) is 28.2 Å². The fourth-order valence-electron chi connectivity index (χ4n) is 2.37. The van der Waals surface area contributed by atoms with Gasteiger partial charge < -0.3 is 9.80 Å². The molecule has 0 N–H and O–H groups in total. The van der Waals surface area contributed by atoms with Crippen LogP contribution in [0.3, 0.4) is 0 Å². The van der Waals surface area contributed by atoms with Crippen molar-refractivity contribution in [1.29, 1.82) is 0 Å². The Kier molecular flexibility index (Phi) is 2.40. The van der Waals surface area contributed by atoms with E-state index < -0.39 is 0 Å².